The molecule has 0 spiro atoms. The lowest BCUT2D eigenvalue weighted by Gasteiger charge is -2.16. The van der Waals surface area contributed by atoms with Crippen molar-refractivity contribution in [1.29, 1.82) is 0 Å². The summed E-state index contributed by atoms with van der Waals surface area (Å²) in [4.78, 5) is 35.9. The van der Waals surface area contributed by atoms with Crippen LogP contribution in [0.15, 0.2) is 42.5 Å². The third-order valence-electron chi connectivity index (χ3n) is 4.64. The molecule has 0 aromatic heterocycles. The number of hydrogen-bond donors (Lipinski definition) is 2. The molecule has 0 aliphatic carbocycles. The van der Waals surface area contributed by atoms with E-state index in [0.717, 1.165) is 11.1 Å². The first kappa shape index (κ1) is 21.2. The van der Waals surface area contributed by atoms with Crippen molar-refractivity contribution in [2.45, 2.75) is 39.2 Å². The monoisotopic (exact) mass is 383 g/mol. The van der Waals surface area contributed by atoms with Crippen molar-refractivity contribution in [3.05, 3.63) is 64.7 Å². The smallest absolute Gasteiger partial charge is 0.330 e. The van der Waals surface area contributed by atoms with Crippen LogP contribution in [0, 0.1) is 13.8 Å². The maximum absolute atomic E-state index is 12.2. The van der Waals surface area contributed by atoms with Crippen LogP contribution in [-0.2, 0) is 9.59 Å². The summed E-state index contributed by atoms with van der Waals surface area (Å²) in [5.74, 6) is -0.916. The zero-order valence-corrected chi connectivity index (χ0v) is 16.3. The first-order valence-corrected chi connectivity index (χ1v) is 9.08. The maximum atomic E-state index is 12.2. The molecule has 2 rings (SSSR count). The van der Waals surface area contributed by atoms with Gasteiger partial charge in [0.25, 0.3) is 0 Å². The molecule has 0 saturated heterocycles. The molecular weight excluding hydrogens is 358 g/mol. The Kier molecular flexibility index (Phi) is 7.32. The molecule has 6 heteroatoms. The highest BCUT2D eigenvalue weighted by Crippen LogP contribution is 2.18. The predicted molar refractivity (Wildman–Crippen MR) is 106 cm³/mol. The summed E-state index contributed by atoms with van der Waals surface area (Å²) in [5, 5.41) is 12.0. The van der Waals surface area contributed by atoms with Gasteiger partial charge in [-0.15, -0.1) is 0 Å². The van der Waals surface area contributed by atoms with E-state index in [2.05, 4.69) is 5.32 Å². The van der Waals surface area contributed by atoms with E-state index in [1.165, 1.54) is 0 Å². The zero-order valence-electron chi connectivity index (χ0n) is 16.3. The molecule has 1 atom stereocenters. The van der Waals surface area contributed by atoms with E-state index in [0.29, 0.717) is 23.3 Å². The summed E-state index contributed by atoms with van der Waals surface area (Å²) >= 11 is 0. The lowest BCUT2D eigenvalue weighted by Crippen LogP contribution is -2.33. The summed E-state index contributed by atoms with van der Waals surface area (Å²) < 4.78 is 5.06. The Hall–Kier alpha value is -3.15. The molecule has 0 bridgehead atoms. The number of nitrogens with one attached hydrogen (secondary N) is 1. The Morgan fingerprint density at radius 3 is 2.25 bits per heavy atom. The largest absolute Gasteiger partial charge is 0.497 e. The molecule has 0 fully saturated rings. The maximum Gasteiger partial charge on any atom is 0.330 e. The van der Waals surface area contributed by atoms with Crippen molar-refractivity contribution in [2.24, 2.45) is 0 Å². The van der Waals surface area contributed by atoms with Crippen molar-refractivity contribution in [3.8, 4) is 5.75 Å². The number of hydrogen-bond acceptors (Lipinski definition) is 4. The fraction of sp³-hybridized carbons (Fsp3) is 0.318. The van der Waals surface area contributed by atoms with E-state index in [1.54, 1.807) is 43.5 Å². The molecule has 0 heterocycles. The van der Waals surface area contributed by atoms with E-state index < -0.39 is 17.9 Å². The molecule has 2 aromatic carbocycles. The average molecular weight is 383 g/mol. The highest BCUT2D eigenvalue weighted by atomic mass is 16.5. The van der Waals surface area contributed by atoms with Gasteiger partial charge < -0.3 is 15.2 Å². The third-order valence-corrected chi connectivity index (χ3v) is 4.64. The highest BCUT2D eigenvalue weighted by Gasteiger charge is 2.22. The number of carbonyl (C=O) groups is 3. The van der Waals surface area contributed by atoms with Crippen LogP contribution in [0.3, 0.4) is 0 Å². The molecule has 1 amide bonds. The van der Waals surface area contributed by atoms with Crippen LogP contribution >= 0.6 is 0 Å². The third kappa shape index (κ3) is 5.67. The number of methoxy groups -OCH3 is 1. The number of aryl methyl sites for hydroxylation is 2. The van der Waals surface area contributed by atoms with Crippen molar-refractivity contribution in [3.63, 3.8) is 0 Å². The molecule has 1 unspecified atom stereocenters. The molecule has 0 aliphatic rings. The second kappa shape index (κ2) is 9.69. The van der Waals surface area contributed by atoms with Crippen molar-refractivity contribution >= 4 is 17.7 Å². The van der Waals surface area contributed by atoms with Crippen LogP contribution < -0.4 is 10.1 Å². The number of aliphatic carboxylic acids is 1. The van der Waals surface area contributed by atoms with E-state index in [-0.39, 0.29) is 18.6 Å². The number of benzene rings is 2. The van der Waals surface area contributed by atoms with Gasteiger partial charge in [0.05, 0.1) is 7.11 Å². The number of ketones is 1. The summed E-state index contributed by atoms with van der Waals surface area (Å²) in [6.07, 6.45) is 0.633. The van der Waals surface area contributed by atoms with Gasteiger partial charge in [-0.05, 0) is 61.2 Å². The molecule has 2 aromatic rings. The van der Waals surface area contributed by atoms with E-state index in [4.69, 9.17) is 4.74 Å². The second-order valence-corrected chi connectivity index (χ2v) is 6.69. The van der Waals surface area contributed by atoms with Gasteiger partial charge in [0.15, 0.2) is 11.8 Å². The molecule has 0 radical (unpaired) electrons. The van der Waals surface area contributed by atoms with Crippen LogP contribution in [0.5, 0.6) is 5.75 Å². The Bertz CT molecular complexity index is 858. The van der Waals surface area contributed by atoms with Crippen LogP contribution in [0.25, 0.3) is 0 Å². The minimum Gasteiger partial charge on any atom is -0.497 e. The van der Waals surface area contributed by atoms with Gasteiger partial charge in [0, 0.05) is 18.4 Å². The standard InChI is InChI=1S/C22H25NO5/c1-14-7-8-17(13-15(14)2)21(22(26)27)23-20(25)6-4-5-19(24)16-9-11-18(28-3)12-10-16/h7-13,21H,4-6H2,1-3H3,(H,23,25)(H,26,27). The quantitative estimate of drug-likeness (QED) is 0.645. The molecule has 0 saturated carbocycles. The predicted octanol–water partition coefficient (Wildman–Crippen LogP) is 3.61. The SMILES string of the molecule is COc1ccc(C(=O)CCCC(=O)NC(C(=O)O)c2ccc(C)c(C)c2)cc1. The Morgan fingerprint density at radius 1 is 1.00 bits per heavy atom. The van der Waals surface area contributed by atoms with E-state index in [1.807, 2.05) is 19.9 Å². The fourth-order valence-corrected chi connectivity index (χ4v) is 2.80. The molecule has 2 N–H and O–H groups in total. The van der Waals surface area contributed by atoms with E-state index in [9.17, 15) is 19.5 Å². The normalized spacial score (nSPS) is 11.5. The summed E-state index contributed by atoms with van der Waals surface area (Å²) in [6.45, 7) is 3.83. The number of Topliss-reactive ketones (excluding diaryl/α,β-unsaturated/α-hetero) is 1. The lowest BCUT2D eigenvalue weighted by atomic mass is 10.0. The minimum atomic E-state index is -1.12. The van der Waals surface area contributed by atoms with Crippen molar-refractivity contribution in [2.75, 3.05) is 7.11 Å². The van der Waals surface area contributed by atoms with Gasteiger partial charge in [-0.25, -0.2) is 4.79 Å². The average Bonchev–Trinajstić information content (AvgIpc) is 2.68. The van der Waals surface area contributed by atoms with Crippen LogP contribution in [0.4, 0.5) is 0 Å². The summed E-state index contributed by atoms with van der Waals surface area (Å²) in [7, 11) is 1.55. The minimum absolute atomic E-state index is 0.0700. The first-order chi connectivity index (χ1) is 13.3. The van der Waals surface area contributed by atoms with Gasteiger partial charge in [-0.3, -0.25) is 9.59 Å². The summed E-state index contributed by atoms with van der Waals surface area (Å²) in [5.41, 5.74) is 3.09. The Morgan fingerprint density at radius 2 is 1.68 bits per heavy atom. The number of carbonyl (C=O) groups excluding carboxylic acids is 2. The van der Waals surface area contributed by atoms with Gasteiger partial charge in [-0.1, -0.05) is 18.2 Å². The molecule has 0 aliphatic heterocycles. The summed E-state index contributed by atoms with van der Waals surface area (Å²) in [6, 6.07) is 11.0. The van der Waals surface area contributed by atoms with Crippen LogP contribution in [-0.4, -0.2) is 29.9 Å². The molecule has 6 nitrogen and oxygen atoms in total. The second-order valence-electron chi connectivity index (χ2n) is 6.69. The molecular formula is C22H25NO5. The topological polar surface area (TPSA) is 92.7 Å². The van der Waals surface area contributed by atoms with Gasteiger partial charge in [0.1, 0.15) is 5.75 Å². The number of amides is 1. The Balaban J connectivity index is 1.89. The fourth-order valence-electron chi connectivity index (χ4n) is 2.80. The van der Waals surface area contributed by atoms with Crippen LogP contribution in [0.1, 0.15) is 52.4 Å². The zero-order chi connectivity index (χ0) is 20.7. The molecule has 148 valence electrons. The molecule has 28 heavy (non-hydrogen) atoms. The van der Waals surface area contributed by atoms with Crippen LogP contribution in [0.2, 0.25) is 0 Å². The van der Waals surface area contributed by atoms with Gasteiger partial charge in [-0.2, -0.15) is 0 Å². The number of carboxylic acids is 1. The van der Waals surface area contributed by atoms with Crippen molar-refractivity contribution in [1.82, 2.24) is 5.32 Å². The van der Waals surface area contributed by atoms with E-state index >= 15 is 0 Å². The first-order valence-electron chi connectivity index (χ1n) is 9.08. The van der Waals surface area contributed by atoms with Gasteiger partial charge >= 0.3 is 5.97 Å². The van der Waals surface area contributed by atoms with Crippen molar-refractivity contribution < 1.29 is 24.2 Å². The number of ether oxygens (including phenoxy) is 1. The number of rotatable bonds is 9. The lowest BCUT2D eigenvalue weighted by molar-refractivity contribution is -0.142. The Labute approximate surface area is 164 Å². The highest BCUT2D eigenvalue weighted by molar-refractivity contribution is 5.96. The van der Waals surface area contributed by atoms with Gasteiger partial charge in [0.2, 0.25) is 5.91 Å². The number of carboxylic acid groups (broad SMARTS) is 1.